The smallest absolute Gasteiger partial charge is 0.187 e. The van der Waals surface area contributed by atoms with Gasteiger partial charge in [-0.15, -0.1) is 46.1 Å². The number of aliphatic hydroxyl groups is 7. The molecule has 0 spiro atoms. The van der Waals surface area contributed by atoms with Crippen molar-refractivity contribution in [3.63, 3.8) is 0 Å². The Morgan fingerprint density at radius 3 is 0.418 bits per heavy atom. The lowest BCUT2D eigenvalue weighted by Crippen LogP contribution is -2.68. The first-order valence-corrected chi connectivity index (χ1v) is 39.7. The second-order valence-corrected chi connectivity index (χ2v) is 28.2. The van der Waals surface area contributed by atoms with Gasteiger partial charge in [-0.2, -0.15) is 0 Å². The summed E-state index contributed by atoms with van der Waals surface area (Å²) in [5.74, 6) is 0. The van der Waals surface area contributed by atoms with Gasteiger partial charge in [-0.3, -0.25) is 0 Å². The monoisotopic (exact) mass is 1850 g/mol. The van der Waals surface area contributed by atoms with Crippen LogP contribution in [0.3, 0.4) is 0 Å². The van der Waals surface area contributed by atoms with E-state index in [2.05, 4.69) is 158 Å². The van der Waals surface area contributed by atoms with E-state index >= 15 is 0 Å². The van der Waals surface area contributed by atoms with Crippen molar-refractivity contribution < 1.29 is 135 Å². The number of ether oxygens (including phenoxy) is 21. The predicted molar refractivity (Wildman–Crippen MR) is 373 cm³/mol. The Labute approximate surface area is 629 Å². The average Bonchev–Trinajstić information content (AvgIpc) is 0.773. The van der Waals surface area contributed by atoms with E-state index in [1.54, 1.807) is 0 Å². The molecule has 0 radical (unpaired) electrons. The summed E-state index contributed by atoms with van der Waals surface area (Å²) >= 11 is 24.8. The molecule has 7 N–H and O–H groups in total. The SMILES string of the molecule is C=CCO[C@H]1[C@H]2O[C@H]3[C@H](O)[C@@H](OCC=C)[C@@H](O[C@H]4[C@H](O)[C@@H](OCC=C)[C@@H](O[C@H]5[C@H](O)[C@@H](OCC=C)[C@@H](O[C@H]6[C@H](O)[C@@H](OCC=C)[C@@H](O[C@H]7[C@H](O)[C@@H](OCC=C)[C@@H](O[C@H]8[C@H](O)[C@@H](OCC=C)[C@@H](O[C@@H]([C@@H]1O)[C@@H](CBr)O2)O[C@@H]8CBr)O[C@@H]7CBr)O[C@@H]6CBr)O[C@@H]5CBr)O[C@@H]4CBr)O[C@@H]3CBr. The first-order chi connectivity index (χ1) is 47.4. The van der Waals surface area contributed by atoms with E-state index in [0.29, 0.717) is 0 Å². The minimum Gasteiger partial charge on any atom is -0.387 e. The van der Waals surface area contributed by atoms with Crippen molar-refractivity contribution in [2.75, 3.05) is 83.6 Å². The minimum absolute atomic E-state index is 0.00640. The van der Waals surface area contributed by atoms with E-state index in [0.717, 1.165) is 0 Å². The van der Waals surface area contributed by atoms with E-state index in [1.807, 2.05) is 0 Å². The Morgan fingerprint density at radius 2 is 0.327 bits per heavy atom. The van der Waals surface area contributed by atoms with Gasteiger partial charge < -0.3 is 135 Å². The summed E-state index contributed by atoms with van der Waals surface area (Å²) in [6.07, 6.45) is -38.1. The fraction of sp³-hybridized carbons (Fsp3) is 0.778. The normalized spacial score (nSPS) is 45.7. The van der Waals surface area contributed by atoms with Crippen molar-refractivity contribution in [2.24, 2.45) is 0 Å². The van der Waals surface area contributed by atoms with Crippen LogP contribution in [-0.2, 0) is 99.5 Å². The number of aliphatic hydroxyl groups excluding tert-OH is 7. The third kappa shape index (κ3) is 19.8. The van der Waals surface area contributed by atoms with E-state index < -0.39 is 215 Å². The summed E-state index contributed by atoms with van der Waals surface area (Å²) in [6.45, 7) is 25.7. The molecule has 15 aliphatic heterocycles. The van der Waals surface area contributed by atoms with Crippen LogP contribution in [0.5, 0.6) is 0 Å². The van der Waals surface area contributed by atoms with Gasteiger partial charge in [-0.25, -0.2) is 0 Å². The molecule has 15 heterocycles. The molecular weight excluding hydrogens is 1760 g/mol. The Hall–Kier alpha value is 0.420. The van der Waals surface area contributed by atoms with Crippen LogP contribution in [0.4, 0.5) is 0 Å². The Morgan fingerprint density at radius 1 is 0.214 bits per heavy atom. The molecule has 98 heavy (non-hydrogen) atoms. The summed E-state index contributed by atoms with van der Waals surface area (Å²) < 4.78 is 137. The van der Waals surface area contributed by atoms with Crippen molar-refractivity contribution >= 4 is 112 Å². The van der Waals surface area contributed by atoms with Gasteiger partial charge in [0.15, 0.2) is 44.0 Å². The number of fused-ring (bicyclic) bond motifs is 7. The largest absolute Gasteiger partial charge is 0.387 e. The highest BCUT2D eigenvalue weighted by atomic mass is 79.9. The van der Waals surface area contributed by atoms with Crippen molar-refractivity contribution in [2.45, 2.75) is 215 Å². The van der Waals surface area contributed by atoms with Crippen molar-refractivity contribution in [3.8, 4) is 0 Å². The van der Waals surface area contributed by atoms with Crippen molar-refractivity contribution in [3.05, 3.63) is 88.6 Å². The lowest BCUT2D eigenvalue weighted by molar-refractivity contribution is -0.393. The maximum atomic E-state index is 12.6. The average molecular weight is 1860 g/mol. The van der Waals surface area contributed by atoms with E-state index in [1.165, 1.54) is 42.5 Å². The summed E-state index contributed by atoms with van der Waals surface area (Å²) in [7, 11) is 0. The minimum atomic E-state index is -1.61. The van der Waals surface area contributed by atoms with Crippen LogP contribution >= 0.6 is 112 Å². The van der Waals surface area contributed by atoms with E-state index in [4.69, 9.17) is 99.5 Å². The molecule has 15 rings (SSSR count). The number of rotatable bonds is 28. The topological polar surface area (TPSA) is 335 Å². The van der Waals surface area contributed by atoms with Crippen LogP contribution in [-0.4, -0.2) is 334 Å². The standard InChI is InChI=1S/C63H91Br7O28/c1-8-15-78-50-36(71)43-29(22-64)85-57(50)92-44-30(23-65)86-59(51(37(44)72)79-16-9-2)94-46-32(25-67)88-61(53(39(46)74)81-18-11-4)96-48-34(27-69)90-63(55(41(48)76)83-20-13-6)98-49-35(28-70)91-62(56(42(49)77)84-21-14-7)97-47-33(26-68)89-60(54(40(47)75)82-19-12-5)95-45-31(24-66)87-58(93-43)52(38(45)73)80-17-10-3/h8-14,29-63,71-77H,1-7,15-28H2/t29-,30-,31-,32-,33-,34-,35-,36+,37+,38+,39+,40+,41+,42+,43-,44-,45-,46-,47-,48-,49-,50-,51-,52-,53-,54-,55-,56-,57-,58-,59-,60-,61-,62-,63-/m1/s1. The van der Waals surface area contributed by atoms with Gasteiger partial charge in [-0.05, 0) is 0 Å². The molecule has 0 aromatic heterocycles. The fourth-order valence-corrected chi connectivity index (χ4v) is 16.3. The summed E-state index contributed by atoms with van der Waals surface area (Å²) in [6, 6.07) is 0. The van der Waals surface area contributed by atoms with Crippen LogP contribution < -0.4 is 0 Å². The van der Waals surface area contributed by atoms with Crippen LogP contribution in [0, 0.1) is 0 Å². The number of alkyl halides is 7. The highest BCUT2D eigenvalue weighted by molar-refractivity contribution is 9.10. The molecule has 560 valence electrons. The van der Waals surface area contributed by atoms with E-state index in [-0.39, 0.29) is 83.6 Å². The third-order valence-electron chi connectivity index (χ3n) is 17.3. The van der Waals surface area contributed by atoms with Gasteiger partial charge in [0.05, 0.1) is 89.0 Å². The highest BCUT2D eigenvalue weighted by Crippen LogP contribution is 2.42. The second kappa shape index (κ2) is 41.7. The van der Waals surface area contributed by atoms with Crippen molar-refractivity contribution in [1.82, 2.24) is 0 Å². The predicted octanol–water partition coefficient (Wildman–Crippen LogP) is 3.06. The Balaban J connectivity index is 1.21. The van der Waals surface area contributed by atoms with Gasteiger partial charge in [0, 0.05) is 37.3 Å². The van der Waals surface area contributed by atoms with Gasteiger partial charge in [0.1, 0.15) is 128 Å². The number of halogens is 7. The summed E-state index contributed by atoms with van der Waals surface area (Å²) in [5.41, 5.74) is 0. The molecule has 0 amide bonds. The van der Waals surface area contributed by atoms with Crippen molar-refractivity contribution in [1.29, 1.82) is 0 Å². The zero-order chi connectivity index (χ0) is 70.9. The molecule has 28 nitrogen and oxygen atoms in total. The van der Waals surface area contributed by atoms with Gasteiger partial charge in [0.2, 0.25) is 0 Å². The Kier molecular flexibility index (Phi) is 35.7. The maximum absolute atomic E-state index is 12.6. The van der Waals surface area contributed by atoms with Gasteiger partial charge in [-0.1, -0.05) is 154 Å². The van der Waals surface area contributed by atoms with Crippen LogP contribution in [0.15, 0.2) is 88.6 Å². The van der Waals surface area contributed by atoms with Crippen LogP contribution in [0.2, 0.25) is 0 Å². The first kappa shape index (κ1) is 84.0. The molecular formula is C63H91Br7O28. The molecule has 35 heteroatoms. The summed E-state index contributed by atoms with van der Waals surface area (Å²) in [4.78, 5) is 0. The maximum Gasteiger partial charge on any atom is 0.187 e. The number of hydrogen-bond donors (Lipinski definition) is 7. The first-order valence-electron chi connectivity index (χ1n) is 31.9. The number of hydrogen-bond acceptors (Lipinski definition) is 28. The van der Waals surface area contributed by atoms with Gasteiger partial charge >= 0.3 is 0 Å². The molecule has 15 aliphatic rings. The van der Waals surface area contributed by atoms with Crippen LogP contribution in [0.1, 0.15) is 0 Å². The fourth-order valence-electron chi connectivity index (χ4n) is 12.7. The lowest BCUT2D eigenvalue weighted by Gasteiger charge is -2.51. The molecule has 35 atom stereocenters. The zero-order valence-electron chi connectivity index (χ0n) is 53.4. The molecule has 0 aromatic carbocycles. The molecule has 15 fully saturated rings. The molecule has 0 unspecified atom stereocenters. The molecule has 14 bridgehead atoms. The quantitative estimate of drug-likeness (QED) is 0.0437. The molecule has 15 saturated heterocycles. The highest BCUT2D eigenvalue weighted by Gasteiger charge is 2.61. The van der Waals surface area contributed by atoms with Crippen LogP contribution in [0.25, 0.3) is 0 Å². The molecule has 0 saturated carbocycles. The Bertz CT molecular complexity index is 2010. The molecule has 0 aromatic rings. The van der Waals surface area contributed by atoms with E-state index in [9.17, 15) is 35.7 Å². The third-order valence-corrected chi connectivity index (χ3v) is 21.7. The second-order valence-electron chi connectivity index (χ2n) is 23.6. The zero-order valence-corrected chi connectivity index (χ0v) is 64.5. The van der Waals surface area contributed by atoms with Gasteiger partial charge in [0.25, 0.3) is 0 Å². The summed E-state index contributed by atoms with van der Waals surface area (Å²) in [5, 5.41) is 88.2. The molecule has 0 aliphatic carbocycles. The lowest BCUT2D eigenvalue weighted by atomic mass is 9.95.